The van der Waals surface area contributed by atoms with Gasteiger partial charge >= 0.3 is 6.18 Å². The fourth-order valence-corrected chi connectivity index (χ4v) is 5.94. The monoisotopic (exact) mass is 638 g/mol. The highest BCUT2D eigenvalue weighted by molar-refractivity contribution is 5.95. The van der Waals surface area contributed by atoms with Crippen LogP contribution in [0.3, 0.4) is 0 Å². The van der Waals surface area contributed by atoms with Crippen LogP contribution in [0.25, 0.3) is 11.3 Å². The molecule has 0 spiro atoms. The lowest BCUT2D eigenvalue weighted by Crippen LogP contribution is -2.50. The lowest BCUT2D eigenvalue weighted by molar-refractivity contribution is -0.202. The van der Waals surface area contributed by atoms with Crippen LogP contribution in [0.15, 0.2) is 67.3 Å². The van der Waals surface area contributed by atoms with Gasteiger partial charge in [-0.3, -0.25) is 4.79 Å². The van der Waals surface area contributed by atoms with Crippen molar-refractivity contribution in [3.8, 4) is 28.5 Å². The topological polar surface area (TPSA) is 108 Å². The number of methoxy groups -OCH3 is 1. The summed E-state index contributed by atoms with van der Waals surface area (Å²) < 4.78 is 77.1. The second kappa shape index (κ2) is 11.0. The summed E-state index contributed by atoms with van der Waals surface area (Å²) in [6.45, 7) is -1.14. The molecule has 3 aliphatic rings. The summed E-state index contributed by atoms with van der Waals surface area (Å²) >= 11 is 0. The van der Waals surface area contributed by atoms with Crippen molar-refractivity contribution in [2.75, 3.05) is 20.3 Å². The van der Waals surface area contributed by atoms with Crippen LogP contribution >= 0.6 is 0 Å². The van der Waals surface area contributed by atoms with Crippen LogP contribution in [-0.4, -0.2) is 58.1 Å². The van der Waals surface area contributed by atoms with Gasteiger partial charge in [0.15, 0.2) is 17.2 Å². The number of ether oxygens (including phenoxy) is 3. The first-order chi connectivity index (χ1) is 22.0. The smallest absolute Gasteiger partial charge is 0.419 e. The standard InChI is InChI=1S/C33H30F4N4O5/c1-44-26-14-20(4-11-25(26)46-23-9-10-23)30(42)39-16-31(43,21-5-6-21)27-15-24-29(28(40-27)19-2-7-22(34)8-3-19)45-17-32(24,33(35,36)37)41-13-12-38-18-41/h2-4,7-8,11-15,18,21,23,43H,5-6,9-10,16-17H2,1H3,(H,39,42)/t31-,32+/m1/s1. The number of hydrogen-bond acceptors (Lipinski definition) is 7. The number of aliphatic hydroxyl groups is 1. The molecule has 1 aliphatic heterocycles. The number of halogens is 4. The molecule has 7 rings (SSSR count). The molecule has 2 aromatic carbocycles. The molecule has 3 heterocycles. The van der Waals surface area contributed by atoms with E-state index in [1.165, 1.54) is 55.9 Å². The molecule has 2 fully saturated rings. The quantitative estimate of drug-likeness (QED) is 0.225. The molecule has 2 N–H and O–H groups in total. The Balaban J connectivity index is 1.29. The van der Waals surface area contributed by atoms with Crippen LogP contribution < -0.4 is 19.5 Å². The zero-order valence-electron chi connectivity index (χ0n) is 24.7. The average molecular weight is 639 g/mol. The fourth-order valence-electron chi connectivity index (χ4n) is 5.94. The van der Waals surface area contributed by atoms with Crippen molar-refractivity contribution < 1.29 is 41.7 Å². The highest BCUT2D eigenvalue weighted by atomic mass is 19.4. The Hall–Kier alpha value is -4.65. The van der Waals surface area contributed by atoms with E-state index in [2.05, 4.69) is 15.3 Å². The number of nitrogens with zero attached hydrogens (tertiary/aromatic N) is 3. The SMILES string of the molecule is COc1cc(C(=O)NC[C@](O)(c2cc3c(c(-c4ccc(F)cc4)n2)OC[C@@]3(n2ccnc2)C(F)(F)F)C2CC2)ccc1OC1CC1. The molecule has 0 bridgehead atoms. The molecular weight excluding hydrogens is 608 g/mol. The first kappa shape index (κ1) is 30.0. The summed E-state index contributed by atoms with van der Waals surface area (Å²) in [7, 11) is 1.47. The highest BCUT2D eigenvalue weighted by Crippen LogP contribution is 2.54. The maximum Gasteiger partial charge on any atom is 0.419 e. The van der Waals surface area contributed by atoms with E-state index in [1.807, 2.05) is 0 Å². The number of benzene rings is 2. The Bertz CT molecular complexity index is 1770. The molecule has 1 amide bonds. The fraction of sp³-hybridized carbons (Fsp3) is 0.364. The lowest BCUT2D eigenvalue weighted by atomic mass is 9.85. The van der Waals surface area contributed by atoms with Crippen molar-refractivity contribution in [2.24, 2.45) is 5.92 Å². The summed E-state index contributed by atoms with van der Waals surface area (Å²) in [4.78, 5) is 21.8. The number of carbonyl (C=O) groups is 1. The van der Waals surface area contributed by atoms with Crippen LogP contribution in [0, 0.1) is 11.7 Å². The van der Waals surface area contributed by atoms with E-state index in [4.69, 9.17) is 14.2 Å². The van der Waals surface area contributed by atoms with Gasteiger partial charge in [-0.05, 0) is 80.1 Å². The molecule has 46 heavy (non-hydrogen) atoms. The molecule has 13 heteroatoms. The molecule has 2 aliphatic carbocycles. The van der Waals surface area contributed by atoms with Gasteiger partial charge in [0.2, 0.25) is 5.54 Å². The van der Waals surface area contributed by atoms with Crippen molar-refractivity contribution >= 4 is 5.91 Å². The van der Waals surface area contributed by atoms with E-state index in [0.717, 1.165) is 23.7 Å². The van der Waals surface area contributed by atoms with E-state index in [1.54, 1.807) is 12.1 Å². The Kier molecular flexibility index (Phi) is 7.18. The third kappa shape index (κ3) is 5.12. The van der Waals surface area contributed by atoms with Crippen LogP contribution in [0.1, 0.15) is 47.3 Å². The molecule has 9 nitrogen and oxygen atoms in total. The number of alkyl halides is 3. The third-order valence-corrected chi connectivity index (χ3v) is 8.83. The number of fused-ring (bicyclic) bond motifs is 1. The number of amides is 1. The first-order valence-electron chi connectivity index (χ1n) is 14.9. The normalized spacial score (nSPS) is 20.4. The van der Waals surface area contributed by atoms with Gasteiger partial charge in [-0.25, -0.2) is 14.4 Å². The average Bonchev–Trinajstić information content (AvgIpc) is 3.96. The summed E-state index contributed by atoms with van der Waals surface area (Å²) in [5.74, 6) is -0.699. The zero-order valence-corrected chi connectivity index (χ0v) is 24.7. The molecule has 2 aromatic heterocycles. The number of rotatable bonds is 10. The zero-order chi connectivity index (χ0) is 32.3. The van der Waals surface area contributed by atoms with Crippen molar-refractivity contribution in [3.63, 3.8) is 0 Å². The van der Waals surface area contributed by atoms with E-state index >= 15 is 13.2 Å². The van der Waals surface area contributed by atoms with Gasteiger partial charge in [-0.2, -0.15) is 13.2 Å². The second-order valence-electron chi connectivity index (χ2n) is 11.9. The predicted octanol–water partition coefficient (Wildman–Crippen LogP) is 5.36. The van der Waals surface area contributed by atoms with E-state index in [-0.39, 0.29) is 46.8 Å². The number of aromatic nitrogens is 3. The van der Waals surface area contributed by atoms with Gasteiger partial charge in [0.25, 0.3) is 5.91 Å². The van der Waals surface area contributed by atoms with Crippen LogP contribution in [0.2, 0.25) is 0 Å². The maximum atomic E-state index is 15.1. The largest absolute Gasteiger partial charge is 0.493 e. The number of pyridine rings is 1. The number of hydrogen-bond donors (Lipinski definition) is 2. The van der Waals surface area contributed by atoms with Gasteiger partial charge in [-0.1, -0.05) is 0 Å². The summed E-state index contributed by atoms with van der Waals surface area (Å²) in [5, 5.41) is 14.9. The molecular formula is C33H30F4N4O5. The van der Waals surface area contributed by atoms with Crippen molar-refractivity contribution in [1.82, 2.24) is 19.9 Å². The molecule has 2 saturated carbocycles. The maximum absolute atomic E-state index is 15.1. The second-order valence-corrected chi connectivity index (χ2v) is 11.9. The van der Waals surface area contributed by atoms with E-state index in [0.29, 0.717) is 29.9 Å². The number of nitrogens with one attached hydrogen (secondary N) is 1. The van der Waals surface area contributed by atoms with Gasteiger partial charge in [-0.15, -0.1) is 0 Å². The lowest BCUT2D eigenvalue weighted by Gasteiger charge is -2.33. The molecule has 0 unspecified atom stereocenters. The van der Waals surface area contributed by atoms with Gasteiger partial charge in [0.1, 0.15) is 23.7 Å². The Morgan fingerprint density at radius 3 is 2.50 bits per heavy atom. The van der Waals surface area contributed by atoms with E-state index < -0.39 is 35.6 Å². The van der Waals surface area contributed by atoms with E-state index in [9.17, 15) is 14.3 Å². The third-order valence-electron chi connectivity index (χ3n) is 8.83. The molecule has 4 aromatic rings. The molecule has 0 saturated heterocycles. The minimum absolute atomic E-state index is 0.0140. The Morgan fingerprint density at radius 2 is 1.87 bits per heavy atom. The highest BCUT2D eigenvalue weighted by Gasteiger charge is 2.63. The summed E-state index contributed by atoms with van der Waals surface area (Å²) in [6, 6.07) is 11.1. The first-order valence-corrected chi connectivity index (χ1v) is 14.9. The van der Waals surface area contributed by atoms with Gasteiger partial charge < -0.3 is 29.2 Å². The van der Waals surface area contributed by atoms with Gasteiger partial charge in [0, 0.05) is 29.1 Å². The number of carbonyl (C=O) groups excluding carboxylic acids is 1. The number of imidazole rings is 1. The predicted molar refractivity (Wildman–Crippen MR) is 156 cm³/mol. The molecule has 0 radical (unpaired) electrons. The van der Waals surface area contributed by atoms with Gasteiger partial charge in [0.05, 0.1) is 31.8 Å². The summed E-state index contributed by atoms with van der Waals surface area (Å²) in [5.41, 5.74) is -4.31. The van der Waals surface area contributed by atoms with Crippen LogP contribution in [0.4, 0.5) is 17.6 Å². The molecule has 2 atom stereocenters. The Morgan fingerprint density at radius 1 is 1.11 bits per heavy atom. The van der Waals surface area contributed by atoms with Crippen molar-refractivity contribution in [3.05, 3.63) is 89.9 Å². The minimum atomic E-state index is -4.85. The van der Waals surface area contributed by atoms with Crippen LogP contribution in [0.5, 0.6) is 17.2 Å². The molecule has 240 valence electrons. The van der Waals surface area contributed by atoms with Crippen molar-refractivity contribution in [2.45, 2.75) is 49.1 Å². The minimum Gasteiger partial charge on any atom is -0.493 e. The Labute approximate surface area is 261 Å². The van der Waals surface area contributed by atoms with Crippen LogP contribution in [-0.2, 0) is 11.1 Å². The summed E-state index contributed by atoms with van der Waals surface area (Å²) in [6.07, 6.45) is 1.81. The van der Waals surface area contributed by atoms with Crippen molar-refractivity contribution in [1.29, 1.82) is 0 Å².